The van der Waals surface area contributed by atoms with Crippen LogP contribution in [-0.4, -0.2) is 22.6 Å². The summed E-state index contributed by atoms with van der Waals surface area (Å²) in [7, 11) is 0. The van der Waals surface area contributed by atoms with E-state index in [1.165, 1.54) is 38.5 Å². The minimum absolute atomic E-state index is 0.659. The molecule has 1 aromatic carbocycles. The van der Waals surface area contributed by atoms with Crippen molar-refractivity contribution in [3.8, 4) is 0 Å². The molecule has 2 heterocycles. The number of nitrogens with two attached hydrogens (primary N) is 1. The zero-order valence-corrected chi connectivity index (χ0v) is 12.3. The van der Waals surface area contributed by atoms with E-state index in [0.717, 1.165) is 34.9 Å². The molecule has 0 bridgehead atoms. The van der Waals surface area contributed by atoms with Crippen LogP contribution in [0.25, 0.3) is 10.9 Å². The molecular formula is C17H22N4. The van der Waals surface area contributed by atoms with Crippen molar-refractivity contribution in [2.75, 3.05) is 17.2 Å². The SMILES string of the molecule is Nc1ccc2ncnc(N3CCCC3C3CCCC3)c2c1. The second-order valence-electron chi connectivity index (χ2n) is 6.42. The first kappa shape index (κ1) is 12.9. The van der Waals surface area contributed by atoms with Gasteiger partial charge in [0.25, 0.3) is 0 Å². The summed E-state index contributed by atoms with van der Waals surface area (Å²) in [6.45, 7) is 1.11. The third kappa shape index (κ3) is 2.23. The van der Waals surface area contributed by atoms with Gasteiger partial charge in [0, 0.05) is 23.7 Å². The van der Waals surface area contributed by atoms with Crippen LogP contribution in [0.2, 0.25) is 0 Å². The molecule has 4 nitrogen and oxygen atoms in total. The van der Waals surface area contributed by atoms with Gasteiger partial charge < -0.3 is 10.6 Å². The van der Waals surface area contributed by atoms with Crippen molar-refractivity contribution in [2.24, 2.45) is 5.92 Å². The Morgan fingerprint density at radius 1 is 1.05 bits per heavy atom. The molecule has 1 saturated heterocycles. The normalized spacial score (nSPS) is 23.2. The van der Waals surface area contributed by atoms with E-state index >= 15 is 0 Å². The molecule has 2 fully saturated rings. The molecule has 1 atom stereocenters. The van der Waals surface area contributed by atoms with Crippen molar-refractivity contribution in [1.82, 2.24) is 9.97 Å². The Morgan fingerprint density at radius 3 is 2.76 bits per heavy atom. The average Bonchev–Trinajstić information content (AvgIpc) is 3.17. The highest BCUT2D eigenvalue weighted by molar-refractivity contribution is 5.91. The van der Waals surface area contributed by atoms with Crippen LogP contribution in [0.1, 0.15) is 38.5 Å². The molecule has 0 amide bonds. The first-order valence-electron chi connectivity index (χ1n) is 8.10. The number of aromatic nitrogens is 2. The molecule has 2 N–H and O–H groups in total. The van der Waals surface area contributed by atoms with E-state index in [-0.39, 0.29) is 0 Å². The zero-order valence-electron chi connectivity index (χ0n) is 12.3. The molecule has 1 aromatic heterocycles. The highest BCUT2D eigenvalue weighted by Crippen LogP contribution is 2.39. The first-order valence-corrected chi connectivity index (χ1v) is 8.10. The molecule has 4 rings (SSSR count). The number of nitrogen functional groups attached to an aromatic ring is 1. The maximum atomic E-state index is 5.97. The molecule has 0 spiro atoms. The number of rotatable bonds is 2. The molecule has 0 radical (unpaired) electrons. The third-order valence-electron chi connectivity index (χ3n) is 5.15. The fraction of sp³-hybridized carbons (Fsp3) is 0.529. The Kier molecular flexibility index (Phi) is 3.17. The van der Waals surface area contributed by atoms with E-state index in [4.69, 9.17) is 5.73 Å². The summed E-state index contributed by atoms with van der Waals surface area (Å²) in [5, 5.41) is 1.10. The molecule has 2 aromatic rings. The molecule has 1 saturated carbocycles. The van der Waals surface area contributed by atoms with Crippen LogP contribution < -0.4 is 10.6 Å². The van der Waals surface area contributed by atoms with Crippen molar-refractivity contribution in [2.45, 2.75) is 44.6 Å². The highest BCUT2D eigenvalue weighted by atomic mass is 15.2. The monoisotopic (exact) mass is 282 g/mol. The Bertz CT molecular complexity index is 648. The number of anilines is 2. The van der Waals surface area contributed by atoms with Gasteiger partial charge in [0.2, 0.25) is 0 Å². The lowest BCUT2D eigenvalue weighted by atomic mass is 9.96. The fourth-order valence-corrected chi connectivity index (χ4v) is 4.18. The van der Waals surface area contributed by atoms with Gasteiger partial charge in [-0.15, -0.1) is 0 Å². The lowest BCUT2D eigenvalue weighted by Crippen LogP contribution is -2.35. The standard InChI is InChI=1S/C17H22N4/c18-13-7-8-15-14(10-13)17(20-11-19-15)21-9-3-6-16(21)12-4-1-2-5-12/h7-8,10-12,16H,1-6,9,18H2. The molecule has 2 aliphatic rings. The number of benzene rings is 1. The third-order valence-corrected chi connectivity index (χ3v) is 5.15. The maximum absolute atomic E-state index is 5.97. The van der Waals surface area contributed by atoms with Crippen LogP contribution >= 0.6 is 0 Å². The summed E-state index contributed by atoms with van der Waals surface area (Å²) in [6.07, 6.45) is 9.82. The Labute approximate surface area is 125 Å². The average molecular weight is 282 g/mol. The number of hydrogen-bond donors (Lipinski definition) is 1. The van der Waals surface area contributed by atoms with Gasteiger partial charge in [0.15, 0.2) is 0 Å². The van der Waals surface area contributed by atoms with Crippen LogP contribution in [0.15, 0.2) is 24.5 Å². The van der Waals surface area contributed by atoms with E-state index in [1.807, 2.05) is 18.2 Å². The van der Waals surface area contributed by atoms with Crippen LogP contribution in [0.3, 0.4) is 0 Å². The molecule has 110 valence electrons. The number of nitrogens with zero attached hydrogens (tertiary/aromatic N) is 3. The quantitative estimate of drug-likeness (QED) is 0.858. The topological polar surface area (TPSA) is 55.0 Å². The Morgan fingerprint density at radius 2 is 1.90 bits per heavy atom. The molecule has 1 aliphatic carbocycles. The summed E-state index contributed by atoms with van der Waals surface area (Å²) < 4.78 is 0. The summed E-state index contributed by atoms with van der Waals surface area (Å²) in [6, 6.07) is 6.59. The molecule has 4 heteroatoms. The van der Waals surface area contributed by atoms with Gasteiger partial charge in [-0.2, -0.15) is 0 Å². The largest absolute Gasteiger partial charge is 0.399 e. The lowest BCUT2D eigenvalue weighted by Gasteiger charge is -2.31. The second kappa shape index (κ2) is 5.17. The zero-order chi connectivity index (χ0) is 14.2. The summed E-state index contributed by atoms with van der Waals surface area (Å²) in [5.41, 5.74) is 7.75. The van der Waals surface area contributed by atoms with Gasteiger partial charge >= 0.3 is 0 Å². The maximum Gasteiger partial charge on any atom is 0.140 e. The van der Waals surface area contributed by atoms with Crippen molar-refractivity contribution < 1.29 is 0 Å². The number of hydrogen-bond acceptors (Lipinski definition) is 4. The van der Waals surface area contributed by atoms with E-state index in [0.29, 0.717) is 6.04 Å². The van der Waals surface area contributed by atoms with E-state index in [2.05, 4.69) is 14.9 Å². The minimum Gasteiger partial charge on any atom is -0.399 e. The molecule has 1 aliphatic heterocycles. The smallest absolute Gasteiger partial charge is 0.140 e. The van der Waals surface area contributed by atoms with Crippen molar-refractivity contribution in [3.63, 3.8) is 0 Å². The number of fused-ring (bicyclic) bond motifs is 1. The molecular weight excluding hydrogens is 260 g/mol. The second-order valence-corrected chi connectivity index (χ2v) is 6.42. The Balaban J connectivity index is 1.76. The van der Waals surface area contributed by atoms with Crippen LogP contribution in [0.5, 0.6) is 0 Å². The fourth-order valence-electron chi connectivity index (χ4n) is 4.18. The minimum atomic E-state index is 0.659. The van der Waals surface area contributed by atoms with Crippen molar-refractivity contribution in [1.29, 1.82) is 0 Å². The van der Waals surface area contributed by atoms with Gasteiger partial charge in [-0.1, -0.05) is 12.8 Å². The summed E-state index contributed by atoms with van der Waals surface area (Å²) in [5.74, 6) is 1.93. The van der Waals surface area contributed by atoms with Gasteiger partial charge in [-0.25, -0.2) is 9.97 Å². The van der Waals surface area contributed by atoms with Crippen LogP contribution in [0, 0.1) is 5.92 Å². The van der Waals surface area contributed by atoms with Gasteiger partial charge in [-0.05, 0) is 49.8 Å². The van der Waals surface area contributed by atoms with Gasteiger partial charge in [0.1, 0.15) is 12.1 Å². The molecule has 21 heavy (non-hydrogen) atoms. The molecule has 1 unspecified atom stereocenters. The predicted octanol–water partition coefficient (Wildman–Crippen LogP) is 3.37. The van der Waals surface area contributed by atoms with Crippen LogP contribution in [0.4, 0.5) is 11.5 Å². The van der Waals surface area contributed by atoms with Crippen molar-refractivity contribution >= 4 is 22.4 Å². The predicted molar refractivity (Wildman–Crippen MR) is 86.3 cm³/mol. The first-order chi connectivity index (χ1) is 10.3. The van der Waals surface area contributed by atoms with E-state index in [9.17, 15) is 0 Å². The van der Waals surface area contributed by atoms with E-state index in [1.54, 1.807) is 6.33 Å². The van der Waals surface area contributed by atoms with Crippen LogP contribution in [-0.2, 0) is 0 Å². The summed E-state index contributed by atoms with van der Waals surface area (Å²) >= 11 is 0. The Hall–Kier alpha value is -1.84. The highest BCUT2D eigenvalue weighted by Gasteiger charge is 2.34. The lowest BCUT2D eigenvalue weighted by molar-refractivity contribution is 0.429. The van der Waals surface area contributed by atoms with Crippen molar-refractivity contribution in [3.05, 3.63) is 24.5 Å². The van der Waals surface area contributed by atoms with E-state index < -0.39 is 0 Å². The summed E-state index contributed by atoms with van der Waals surface area (Å²) in [4.78, 5) is 11.5. The van der Waals surface area contributed by atoms with Gasteiger partial charge in [-0.3, -0.25) is 0 Å². The van der Waals surface area contributed by atoms with Gasteiger partial charge in [0.05, 0.1) is 5.52 Å².